The molecule has 0 amide bonds. The third-order valence-electron chi connectivity index (χ3n) is 3.16. The molecule has 0 saturated heterocycles. The van der Waals surface area contributed by atoms with Gasteiger partial charge < -0.3 is 10.4 Å². The summed E-state index contributed by atoms with van der Waals surface area (Å²) in [7, 11) is 0. The third kappa shape index (κ3) is 4.19. The molecule has 1 aromatic heterocycles. The van der Waals surface area contributed by atoms with Crippen LogP contribution in [0.4, 0.5) is 0 Å². The Morgan fingerprint density at radius 2 is 2.21 bits per heavy atom. The van der Waals surface area contributed by atoms with Crippen LogP contribution in [0.2, 0.25) is 0 Å². The van der Waals surface area contributed by atoms with Crippen LogP contribution in [0.1, 0.15) is 24.1 Å². The molecule has 1 aromatic carbocycles. The smallest absolute Gasteiger partial charge is 0.0860 e. The van der Waals surface area contributed by atoms with Gasteiger partial charge in [0.25, 0.3) is 0 Å². The van der Waals surface area contributed by atoms with E-state index < -0.39 is 6.10 Å². The maximum Gasteiger partial charge on any atom is 0.0860 e. The van der Waals surface area contributed by atoms with E-state index in [1.165, 1.54) is 11.1 Å². The van der Waals surface area contributed by atoms with Gasteiger partial charge in [-0.15, -0.1) is 0 Å². The summed E-state index contributed by atoms with van der Waals surface area (Å²) in [5.74, 6) is 0. The lowest BCUT2D eigenvalue weighted by atomic mass is 10.1. The summed E-state index contributed by atoms with van der Waals surface area (Å²) in [6.45, 7) is 5.26. The third-order valence-corrected chi connectivity index (χ3v) is 3.16. The summed E-state index contributed by atoms with van der Waals surface area (Å²) in [6.07, 6.45) is 3.13. The molecule has 2 rings (SSSR count). The molecule has 0 fully saturated rings. The van der Waals surface area contributed by atoms with Gasteiger partial charge in [0.15, 0.2) is 0 Å². The molecule has 0 aliphatic rings. The van der Waals surface area contributed by atoms with Gasteiger partial charge >= 0.3 is 0 Å². The molecule has 4 nitrogen and oxygen atoms in total. The number of hydrogen-bond acceptors (Lipinski definition) is 3. The van der Waals surface area contributed by atoms with Crippen LogP contribution >= 0.6 is 0 Å². The van der Waals surface area contributed by atoms with Gasteiger partial charge in [0.2, 0.25) is 0 Å². The predicted molar refractivity (Wildman–Crippen MR) is 75.8 cm³/mol. The van der Waals surface area contributed by atoms with Crippen molar-refractivity contribution < 1.29 is 5.11 Å². The Bertz CT molecular complexity index is 496. The number of hydrogen-bond donors (Lipinski definition) is 2. The average Bonchev–Trinajstić information content (AvgIpc) is 2.88. The Labute approximate surface area is 114 Å². The lowest BCUT2D eigenvalue weighted by Crippen LogP contribution is -2.32. The second-order valence-electron chi connectivity index (χ2n) is 4.93. The van der Waals surface area contributed by atoms with E-state index in [2.05, 4.69) is 48.5 Å². The van der Waals surface area contributed by atoms with Crippen molar-refractivity contribution in [1.82, 2.24) is 15.1 Å². The number of benzene rings is 1. The van der Waals surface area contributed by atoms with Crippen LogP contribution in [0.15, 0.2) is 42.7 Å². The first-order chi connectivity index (χ1) is 9.15. The Morgan fingerprint density at radius 3 is 2.89 bits per heavy atom. The Kier molecular flexibility index (Phi) is 4.71. The lowest BCUT2D eigenvalue weighted by molar-refractivity contribution is 0.143. The van der Waals surface area contributed by atoms with Crippen LogP contribution in [-0.4, -0.2) is 27.5 Å². The molecule has 0 aliphatic heterocycles. The molecule has 1 unspecified atom stereocenters. The fourth-order valence-corrected chi connectivity index (χ4v) is 2.06. The van der Waals surface area contributed by atoms with E-state index in [9.17, 15) is 5.11 Å². The zero-order chi connectivity index (χ0) is 13.7. The molecule has 1 heterocycles. The van der Waals surface area contributed by atoms with Gasteiger partial charge in [-0.3, -0.25) is 4.68 Å². The molecule has 0 spiro atoms. The lowest BCUT2D eigenvalue weighted by Gasteiger charge is -2.18. The van der Waals surface area contributed by atoms with Crippen LogP contribution in [0, 0.1) is 6.92 Å². The first kappa shape index (κ1) is 13.8. The predicted octanol–water partition coefficient (Wildman–Crippen LogP) is 1.90. The Hall–Kier alpha value is -1.65. The largest absolute Gasteiger partial charge is 0.390 e. The van der Waals surface area contributed by atoms with Gasteiger partial charge in [-0.1, -0.05) is 29.8 Å². The molecular weight excluding hydrogens is 238 g/mol. The van der Waals surface area contributed by atoms with Crippen molar-refractivity contribution in [3.63, 3.8) is 0 Å². The van der Waals surface area contributed by atoms with Crippen molar-refractivity contribution in [2.24, 2.45) is 0 Å². The van der Waals surface area contributed by atoms with E-state index in [4.69, 9.17) is 0 Å². The highest BCUT2D eigenvalue weighted by molar-refractivity contribution is 5.24. The molecule has 4 heteroatoms. The SMILES string of the molecule is Cc1cccc([C@H](C)NCC(O)Cn2cccn2)c1. The minimum Gasteiger partial charge on any atom is -0.390 e. The number of aliphatic hydroxyl groups is 1. The molecule has 0 bridgehead atoms. The zero-order valence-electron chi connectivity index (χ0n) is 11.5. The summed E-state index contributed by atoms with van der Waals surface area (Å²) in [6, 6.07) is 10.5. The molecule has 0 aliphatic carbocycles. The molecule has 0 radical (unpaired) electrons. The van der Waals surface area contributed by atoms with Gasteiger partial charge in [-0.2, -0.15) is 5.10 Å². The van der Waals surface area contributed by atoms with Crippen molar-refractivity contribution in [3.05, 3.63) is 53.9 Å². The average molecular weight is 259 g/mol. The summed E-state index contributed by atoms with van der Waals surface area (Å²) in [5, 5.41) is 17.4. The highest BCUT2D eigenvalue weighted by Crippen LogP contribution is 2.13. The quantitative estimate of drug-likeness (QED) is 0.833. The number of aliphatic hydroxyl groups excluding tert-OH is 1. The zero-order valence-corrected chi connectivity index (χ0v) is 11.5. The van der Waals surface area contributed by atoms with E-state index in [0.717, 1.165) is 0 Å². The van der Waals surface area contributed by atoms with Crippen LogP contribution in [0.3, 0.4) is 0 Å². The molecule has 2 N–H and O–H groups in total. The molecule has 2 aromatic rings. The minimum absolute atomic E-state index is 0.229. The first-order valence-electron chi connectivity index (χ1n) is 6.60. The van der Waals surface area contributed by atoms with E-state index in [0.29, 0.717) is 13.1 Å². The summed E-state index contributed by atoms with van der Waals surface area (Å²) in [4.78, 5) is 0. The second-order valence-corrected chi connectivity index (χ2v) is 4.93. The van der Waals surface area contributed by atoms with Crippen LogP contribution in [0.5, 0.6) is 0 Å². The maximum absolute atomic E-state index is 9.95. The first-order valence-corrected chi connectivity index (χ1v) is 6.60. The van der Waals surface area contributed by atoms with Gasteiger partial charge in [0.1, 0.15) is 0 Å². The van der Waals surface area contributed by atoms with Crippen LogP contribution < -0.4 is 5.32 Å². The highest BCUT2D eigenvalue weighted by Gasteiger charge is 2.09. The van der Waals surface area contributed by atoms with Gasteiger partial charge in [0, 0.05) is 25.0 Å². The van der Waals surface area contributed by atoms with E-state index in [1.807, 2.05) is 12.3 Å². The summed E-state index contributed by atoms with van der Waals surface area (Å²) in [5.41, 5.74) is 2.49. The van der Waals surface area contributed by atoms with Crippen molar-refractivity contribution in [2.75, 3.05) is 6.54 Å². The second kappa shape index (κ2) is 6.50. The molecule has 0 saturated carbocycles. The molecule has 102 valence electrons. The van der Waals surface area contributed by atoms with Gasteiger partial charge in [0.05, 0.1) is 12.6 Å². The molecule has 2 atom stereocenters. The molecular formula is C15H21N3O. The number of aryl methyl sites for hydroxylation is 1. The number of nitrogens with zero attached hydrogens (tertiary/aromatic N) is 2. The highest BCUT2D eigenvalue weighted by atomic mass is 16.3. The molecule has 19 heavy (non-hydrogen) atoms. The normalized spacial score (nSPS) is 14.3. The fraction of sp³-hybridized carbons (Fsp3) is 0.400. The maximum atomic E-state index is 9.95. The van der Waals surface area contributed by atoms with E-state index >= 15 is 0 Å². The van der Waals surface area contributed by atoms with Crippen molar-refractivity contribution in [3.8, 4) is 0 Å². The number of rotatable bonds is 6. The van der Waals surface area contributed by atoms with Crippen molar-refractivity contribution in [1.29, 1.82) is 0 Å². The van der Waals surface area contributed by atoms with Gasteiger partial charge in [-0.25, -0.2) is 0 Å². The topological polar surface area (TPSA) is 50.1 Å². The number of nitrogens with one attached hydrogen (secondary N) is 1. The van der Waals surface area contributed by atoms with E-state index in [1.54, 1.807) is 10.9 Å². The Morgan fingerprint density at radius 1 is 1.37 bits per heavy atom. The van der Waals surface area contributed by atoms with Crippen molar-refractivity contribution in [2.45, 2.75) is 32.5 Å². The van der Waals surface area contributed by atoms with Crippen LogP contribution in [-0.2, 0) is 6.54 Å². The minimum atomic E-state index is -0.438. The van der Waals surface area contributed by atoms with Crippen molar-refractivity contribution >= 4 is 0 Å². The van der Waals surface area contributed by atoms with Gasteiger partial charge in [-0.05, 0) is 25.5 Å². The van der Waals surface area contributed by atoms with E-state index in [-0.39, 0.29) is 6.04 Å². The fourth-order valence-electron chi connectivity index (χ4n) is 2.06. The van der Waals surface area contributed by atoms with Crippen LogP contribution in [0.25, 0.3) is 0 Å². The number of aromatic nitrogens is 2. The summed E-state index contributed by atoms with van der Waals surface area (Å²) < 4.78 is 1.74. The summed E-state index contributed by atoms with van der Waals surface area (Å²) >= 11 is 0. The Balaban J connectivity index is 1.81. The standard InChI is InChI=1S/C15H21N3O/c1-12-5-3-6-14(9-12)13(2)16-10-15(19)11-18-8-4-7-17-18/h3-9,13,15-16,19H,10-11H2,1-2H3/t13-,15?/m0/s1. The monoisotopic (exact) mass is 259 g/mol.